The van der Waals surface area contributed by atoms with Gasteiger partial charge in [0, 0.05) is 36.5 Å². The van der Waals surface area contributed by atoms with E-state index in [0.29, 0.717) is 11.3 Å². The smallest absolute Gasteiger partial charge is 0.272 e. The van der Waals surface area contributed by atoms with Gasteiger partial charge in [0.25, 0.3) is 11.6 Å². The zero-order valence-corrected chi connectivity index (χ0v) is 17.3. The highest BCUT2D eigenvalue weighted by Crippen LogP contribution is 2.26. The summed E-state index contributed by atoms with van der Waals surface area (Å²) in [7, 11) is 1.59. The van der Waals surface area contributed by atoms with Crippen LogP contribution in [0, 0.1) is 10.1 Å². The topological polar surface area (TPSA) is 99.3 Å². The minimum Gasteiger partial charge on any atom is -0.497 e. The summed E-state index contributed by atoms with van der Waals surface area (Å²) in [5.41, 5.74) is 3.34. The number of carbonyl (C=O) groups is 1. The molecule has 0 fully saturated rings. The van der Waals surface area contributed by atoms with Crippen molar-refractivity contribution in [2.75, 3.05) is 7.11 Å². The van der Waals surface area contributed by atoms with E-state index in [1.165, 1.54) is 12.1 Å². The third-order valence-corrected chi connectivity index (χ3v) is 4.93. The molecule has 0 aliphatic carbocycles. The summed E-state index contributed by atoms with van der Waals surface area (Å²) < 4.78 is 6.94. The molecule has 1 aromatic heterocycles. The van der Waals surface area contributed by atoms with Crippen molar-refractivity contribution in [2.24, 2.45) is 0 Å². The Kier molecular flexibility index (Phi) is 5.94. The van der Waals surface area contributed by atoms with Gasteiger partial charge in [0.05, 0.1) is 17.7 Å². The normalized spacial score (nSPS) is 10.5. The van der Waals surface area contributed by atoms with E-state index in [0.717, 1.165) is 16.8 Å². The van der Waals surface area contributed by atoms with E-state index in [-0.39, 0.29) is 23.8 Å². The van der Waals surface area contributed by atoms with Crippen molar-refractivity contribution in [1.29, 1.82) is 0 Å². The molecular formula is C24H20N4O4. The molecule has 1 amide bonds. The summed E-state index contributed by atoms with van der Waals surface area (Å²) in [4.78, 5) is 23.4. The van der Waals surface area contributed by atoms with Gasteiger partial charge in [-0.3, -0.25) is 14.9 Å². The van der Waals surface area contributed by atoms with Crippen LogP contribution in [0.2, 0.25) is 0 Å². The van der Waals surface area contributed by atoms with Gasteiger partial charge >= 0.3 is 0 Å². The molecule has 8 nitrogen and oxygen atoms in total. The van der Waals surface area contributed by atoms with Gasteiger partial charge in [-0.25, -0.2) is 4.68 Å². The Bertz CT molecular complexity index is 1250. The van der Waals surface area contributed by atoms with Crippen LogP contribution in [0.1, 0.15) is 16.1 Å². The fraction of sp³-hybridized carbons (Fsp3) is 0.0833. The van der Waals surface area contributed by atoms with Crippen molar-refractivity contribution in [3.8, 4) is 22.6 Å². The van der Waals surface area contributed by atoms with Gasteiger partial charge in [-0.15, -0.1) is 0 Å². The molecule has 0 unspecified atom stereocenters. The fourth-order valence-electron chi connectivity index (χ4n) is 3.26. The number of carbonyl (C=O) groups excluding carboxylic acids is 1. The van der Waals surface area contributed by atoms with Crippen LogP contribution in [0.5, 0.6) is 5.75 Å². The Morgan fingerprint density at radius 1 is 1.06 bits per heavy atom. The molecular weight excluding hydrogens is 408 g/mol. The van der Waals surface area contributed by atoms with E-state index in [9.17, 15) is 14.9 Å². The second kappa shape index (κ2) is 9.13. The van der Waals surface area contributed by atoms with E-state index < -0.39 is 4.92 Å². The number of hydrogen-bond donors (Lipinski definition) is 1. The van der Waals surface area contributed by atoms with Crippen LogP contribution in [0.15, 0.2) is 85.1 Å². The van der Waals surface area contributed by atoms with Gasteiger partial charge < -0.3 is 10.1 Å². The van der Waals surface area contributed by atoms with Crippen LogP contribution >= 0.6 is 0 Å². The van der Waals surface area contributed by atoms with Crippen LogP contribution in [0.4, 0.5) is 5.69 Å². The molecule has 0 saturated carbocycles. The Labute approximate surface area is 184 Å². The van der Waals surface area contributed by atoms with Crippen LogP contribution in [0.25, 0.3) is 16.8 Å². The molecule has 32 heavy (non-hydrogen) atoms. The number of benzene rings is 3. The van der Waals surface area contributed by atoms with Crippen LogP contribution in [-0.2, 0) is 6.54 Å². The zero-order valence-electron chi connectivity index (χ0n) is 17.3. The Hall–Kier alpha value is -4.46. The van der Waals surface area contributed by atoms with Gasteiger partial charge in [-0.2, -0.15) is 5.10 Å². The lowest BCUT2D eigenvalue weighted by molar-refractivity contribution is -0.384. The first kappa shape index (κ1) is 20.8. The third-order valence-electron chi connectivity index (χ3n) is 4.93. The first-order valence-corrected chi connectivity index (χ1v) is 9.86. The number of nitrogens with one attached hydrogen (secondary N) is 1. The minimum atomic E-state index is -0.459. The van der Waals surface area contributed by atoms with E-state index in [1.807, 2.05) is 60.8 Å². The summed E-state index contributed by atoms with van der Waals surface area (Å²) in [6.45, 7) is 0.219. The lowest BCUT2D eigenvalue weighted by Crippen LogP contribution is -2.24. The first-order valence-electron chi connectivity index (χ1n) is 9.86. The summed E-state index contributed by atoms with van der Waals surface area (Å²) in [6, 6.07) is 23.0. The van der Waals surface area contributed by atoms with Gasteiger partial charge in [0.15, 0.2) is 5.69 Å². The maximum Gasteiger partial charge on any atom is 0.272 e. The average molecular weight is 428 g/mol. The highest BCUT2D eigenvalue weighted by molar-refractivity contribution is 5.99. The Balaban J connectivity index is 1.63. The van der Waals surface area contributed by atoms with Crippen molar-refractivity contribution in [3.05, 3.63) is 106 Å². The maximum atomic E-state index is 13.0. The predicted molar refractivity (Wildman–Crippen MR) is 120 cm³/mol. The highest BCUT2D eigenvalue weighted by atomic mass is 16.6. The van der Waals surface area contributed by atoms with E-state index in [4.69, 9.17) is 4.74 Å². The molecule has 0 saturated heterocycles. The van der Waals surface area contributed by atoms with Crippen molar-refractivity contribution >= 4 is 11.6 Å². The quantitative estimate of drug-likeness (QED) is 0.348. The minimum absolute atomic E-state index is 0.00322. The number of methoxy groups -OCH3 is 1. The van der Waals surface area contributed by atoms with Crippen molar-refractivity contribution < 1.29 is 14.5 Å². The molecule has 0 aliphatic heterocycles. The standard InChI is InChI=1S/C24H20N4O4/c1-32-21-9-5-8-20(14-21)27-16-22(18-6-3-2-4-7-18)23(26-27)24(29)25-15-17-10-12-19(13-11-17)28(30)31/h2-14,16H,15H2,1H3,(H,25,29). The number of nitrogens with zero attached hydrogens (tertiary/aromatic N) is 3. The average Bonchev–Trinajstić information content (AvgIpc) is 3.29. The molecule has 0 spiro atoms. The maximum absolute atomic E-state index is 13.0. The second-order valence-corrected chi connectivity index (χ2v) is 7.01. The lowest BCUT2D eigenvalue weighted by atomic mass is 10.1. The predicted octanol–water partition coefficient (Wildman–Crippen LogP) is 4.39. The molecule has 4 rings (SSSR count). The molecule has 1 N–H and O–H groups in total. The van der Waals surface area contributed by atoms with E-state index in [2.05, 4.69) is 10.4 Å². The lowest BCUT2D eigenvalue weighted by Gasteiger charge is -2.06. The molecule has 0 radical (unpaired) electrons. The van der Waals surface area contributed by atoms with Gasteiger partial charge in [-0.05, 0) is 23.3 Å². The van der Waals surface area contributed by atoms with Crippen LogP contribution < -0.4 is 10.1 Å². The summed E-state index contributed by atoms with van der Waals surface area (Å²) >= 11 is 0. The van der Waals surface area contributed by atoms with E-state index in [1.54, 1.807) is 23.9 Å². The molecule has 8 heteroatoms. The molecule has 0 atom stereocenters. The van der Waals surface area contributed by atoms with E-state index >= 15 is 0 Å². The number of ether oxygens (including phenoxy) is 1. The highest BCUT2D eigenvalue weighted by Gasteiger charge is 2.19. The van der Waals surface area contributed by atoms with Crippen molar-refractivity contribution in [3.63, 3.8) is 0 Å². The summed E-state index contributed by atoms with van der Waals surface area (Å²) in [5.74, 6) is 0.340. The molecule has 3 aromatic carbocycles. The van der Waals surface area contributed by atoms with Crippen LogP contribution in [-0.4, -0.2) is 27.7 Å². The first-order chi connectivity index (χ1) is 15.5. The SMILES string of the molecule is COc1cccc(-n2cc(-c3ccccc3)c(C(=O)NCc3ccc([N+](=O)[O-])cc3)n2)c1. The molecule has 1 heterocycles. The van der Waals surface area contributed by atoms with Crippen LogP contribution in [0.3, 0.4) is 0 Å². The second-order valence-electron chi connectivity index (χ2n) is 7.01. The number of amides is 1. The summed E-state index contributed by atoms with van der Waals surface area (Å²) in [6.07, 6.45) is 1.81. The number of aromatic nitrogens is 2. The number of nitro groups is 1. The third kappa shape index (κ3) is 4.49. The number of hydrogen-bond acceptors (Lipinski definition) is 5. The van der Waals surface area contributed by atoms with Gasteiger partial charge in [-0.1, -0.05) is 48.5 Å². The Morgan fingerprint density at radius 2 is 1.81 bits per heavy atom. The fourth-order valence-corrected chi connectivity index (χ4v) is 3.26. The Morgan fingerprint density at radius 3 is 2.50 bits per heavy atom. The molecule has 0 bridgehead atoms. The van der Waals surface area contributed by atoms with Crippen molar-refractivity contribution in [2.45, 2.75) is 6.54 Å². The van der Waals surface area contributed by atoms with Gasteiger partial charge in [0.1, 0.15) is 5.75 Å². The number of nitro benzene ring substituents is 1. The van der Waals surface area contributed by atoms with Crippen molar-refractivity contribution in [1.82, 2.24) is 15.1 Å². The summed E-state index contributed by atoms with van der Waals surface area (Å²) in [5, 5.41) is 18.2. The molecule has 160 valence electrons. The number of non-ortho nitro benzene ring substituents is 1. The largest absolute Gasteiger partial charge is 0.497 e. The molecule has 4 aromatic rings. The monoisotopic (exact) mass is 428 g/mol. The molecule has 0 aliphatic rings. The zero-order chi connectivity index (χ0) is 22.5. The number of rotatable bonds is 7. The van der Waals surface area contributed by atoms with Gasteiger partial charge in [0.2, 0.25) is 0 Å².